The normalized spacial score (nSPS) is 11.0. The first-order valence-corrected chi connectivity index (χ1v) is 8.57. The van der Waals surface area contributed by atoms with Gasteiger partial charge in [0.05, 0.1) is 29.9 Å². The van der Waals surface area contributed by atoms with Gasteiger partial charge in [0.15, 0.2) is 0 Å². The highest BCUT2D eigenvalue weighted by atomic mass is 32.1. The van der Waals surface area contributed by atoms with Crippen molar-refractivity contribution < 1.29 is 9.53 Å². The summed E-state index contributed by atoms with van der Waals surface area (Å²) >= 11 is 1.56. The smallest absolute Gasteiger partial charge is 0.274 e. The number of aromatic nitrogens is 3. The minimum atomic E-state index is -0.262. The van der Waals surface area contributed by atoms with Crippen LogP contribution < -0.4 is 5.56 Å². The van der Waals surface area contributed by atoms with E-state index in [0.29, 0.717) is 19.7 Å². The van der Waals surface area contributed by atoms with Crippen LogP contribution in [0.1, 0.15) is 15.5 Å². The summed E-state index contributed by atoms with van der Waals surface area (Å²) in [4.78, 5) is 30.4. The molecule has 0 aliphatic rings. The van der Waals surface area contributed by atoms with Gasteiger partial charge in [0, 0.05) is 20.2 Å². The maximum atomic E-state index is 12.6. The number of nitrogens with zero attached hydrogens (tertiary/aromatic N) is 4. The lowest BCUT2D eigenvalue weighted by atomic mass is 10.3. The van der Waals surface area contributed by atoms with Gasteiger partial charge in [-0.25, -0.2) is 9.67 Å². The van der Waals surface area contributed by atoms with E-state index in [1.807, 2.05) is 24.3 Å². The van der Waals surface area contributed by atoms with E-state index in [-0.39, 0.29) is 17.2 Å². The Bertz CT molecular complexity index is 917. The number of hydrogen-bond acceptors (Lipinski definition) is 6. The van der Waals surface area contributed by atoms with Gasteiger partial charge in [-0.15, -0.1) is 11.3 Å². The molecule has 25 heavy (non-hydrogen) atoms. The highest BCUT2D eigenvalue weighted by Gasteiger charge is 2.16. The van der Waals surface area contributed by atoms with Gasteiger partial charge in [0.25, 0.3) is 11.5 Å². The second-order valence-corrected chi connectivity index (χ2v) is 6.62. The molecule has 0 saturated carbocycles. The zero-order valence-electron chi connectivity index (χ0n) is 14.0. The van der Waals surface area contributed by atoms with Crippen molar-refractivity contribution in [2.75, 3.05) is 20.8 Å². The van der Waals surface area contributed by atoms with Crippen molar-refractivity contribution in [1.82, 2.24) is 19.7 Å². The minimum Gasteiger partial charge on any atom is -0.383 e. The summed E-state index contributed by atoms with van der Waals surface area (Å²) in [5, 5.41) is 4.98. The van der Waals surface area contributed by atoms with Gasteiger partial charge >= 0.3 is 0 Å². The van der Waals surface area contributed by atoms with Gasteiger partial charge in [-0.2, -0.15) is 5.10 Å². The van der Waals surface area contributed by atoms with Crippen molar-refractivity contribution in [2.24, 2.45) is 0 Å². The van der Waals surface area contributed by atoms with Gasteiger partial charge < -0.3 is 9.64 Å². The Morgan fingerprint density at radius 3 is 2.84 bits per heavy atom. The number of hydrogen-bond donors (Lipinski definition) is 0. The van der Waals surface area contributed by atoms with E-state index in [9.17, 15) is 9.59 Å². The van der Waals surface area contributed by atoms with Gasteiger partial charge in [-0.05, 0) is 18.2 Å². The summed E-state index contributed by atoms with van der Waals surface area (Å²) in [6.45, 7) is 1.04. The van der Waals surface area contributed by atoms with Crippen molar-refractivity contribution in [3.63, 3.8) is 0 Å². The van der Waals surface area contributed by atoms with Crippen molar-refractivity contribution in [2.45, 2.75) is 13.1 Å². The molecule has 0 radical (unpaired) electrons. The Morgan fingerprint density at radius 2 is 2.08 bits per heavy atom. The average molecular weight is 358 g/mol. The summed E-state index contributed by atoms with van der Waals surface area (Å²) in [6.07, 6.45) is 0. The fraction of sp³-hybridized carbons (Fsp3) is 0.294. The summed E-state index contributed by atoms with van der Waals surface area (Å²) in [5.41, 5.74) is 0.885. The summed E-state index contributed by atoms with van der Waals surface area (Å²) in [6, 6.07) is 10.7. The number of carbonyl (C=O) groups is 1. The van der Waals surface area contributed by atoms with E-state index in [0.717, 1.165) is 15.2 Å². The molecular weight excluding hydrogens is 340 g/mol. The summed E-state index contributed by atoms with van der Waals surface area (Å²) < 4.78 is 7.28. The van der Waals surface area contributed by atoms with Crippen molar-refractivity contribution in [3.05, 3.63) is 57.5 Å². The highest BCUT2D eigenvalue weighted by molar-refractivity contribution is 7.18. The van der Waals surface area contributed by atoms with Crippen LogP contribution >= 0.6 is 11.3 Å². The molecule has 7 nitrogen and oxygen atoms in total. The number of amides is 1. The number of thiazole rings is 1. The van der Waals surface area contributed by atoms with Crippen LogP contribution in [0.4, 0.5) is 0 Å². The molecule has 3 aromatic rings. The molecule has 1 aromatic carbocycles. The van der Waals surface area contributed by atoms with Gasteiger partial charge in [0.2, 0.25) is 0 Å². The minimum absolute atomic E-state index is 0.222. The lowest BCUT2D eigenvalue weighted by Gasteiger charge is -2.15. The number of fused-ring (bicyclic) bond motifs is 1. The van der Waals surface area contributed by atoms with Crippen LogP contribution in [-0.4, -0.2) is 46.3 Å². The fourth-order valence-electron chi connectivity index (χ4n) is 2.36. The van der Waals surface area contributed by atoms with E-state index in [4.69, 9.17) is 4.74 Å². The van der Waals surface area contributed by atoms with Crippen molar-refractivity contribution in [3.8, 4) is 0 Å². The number of para-hydroxylation sites is 1. The standard InChI is InChI=1S/C17H18N4O3S/c1-20(11-15-18-12-5-3-4-6-14(12)25-15)17(23)13-7-8-16(22)21(19-13)9-10-24-2/h3-8H,9-11H2,1-2H3. The zero-order valence-corrected chi connectivity index (χ0v) is 14.8. The Morgan fingerprint density at radius 1 is 1.28 bits per heavy atom. The fourth-order valence-corrected chi connectivity index (χ4v) is 3.38. The molecule has 0 unspecified atom stereocenters. The largest absolute Gasteiger partial charge is 0.383 e. The van der Waals surface area contributed by atoms with Crippen LogP contribution in [0, 0.1) is 0 Å². The molecule has 3 rings (SSSR count). The third-order valence-electron chi connectivity index (χ3n) is 3.65. The molecule has 0 saturated heterocycles. The van der Waals surface area contributed by atoms with Crippen LogP contribution in [0.15, 0.2) is 41.2 Å². The SMILES string of the molecule is COCCn1nc(C(=O)N(C)Cc2nc3ccccc3s2)ccc1=O. The predicted octanol–water partition coefficient (Wildman–Crippen LogP) is 1.77. The first-order chi connectivity index (χ1) is 12.1. The Kier molecular flexibility index (Phi) is 5.20. The monoisotopic (exact) mass is 358 g/mol. The van der Waals surface area contributed by atoms with Gasteiger partial charge in [0.1, 0.15) is 10.7 Å². The lowest BCUT2D eigenvalue weighted by Crippen LogP contribution is -2.31. The van der Waals surface area contributed by atoms with Crippen LogP contribution in [0.2, 0.25) is 0 Å². The number of ether oxygens (including phenoxy) is 1. The molecule has 0 atom stereocenters. The van der Waals surface area contributed by atoms with E-state index in [1.54, 1.807) is 30.4 Å². The maximum Gasteiger partial charge on any atom is 0.274 e. The number of methoxy groups -OCH3 is 1. The average Bonchev–Trinajstić information content (AvgIpc) is 3.02. The molecular formula is C17H18N4O3S. The topological polar surface area (TPSA) is 77.3 Å². The number of rotatable bonds is 6. The molecule has 0 aliphatic heterocycles. The van der Waals surface area contributed by atoms with Crippen molar-refractivity contribution >= 4 is 27.5 Å². The molecule has 0 fully saturated rings. The molecule has 0 spiro atoms. The highest BCUT2D eigenvalue weighted by Crippen LogP contribution is 2.22. The van der Waals surface area contributed by atoms with E-state index < -0.39 is 0 Å². The van der Waals surface area contributed by atoms with Crippen LogP contribution in [0.5, 0.6) is 0 Å². The maximum absolute atomic E-state index is 12.6. The lowest BCUT2D eigenvalue weighted by molar-refractivity contribution is 0.0775. The second kappa shape index (κ2) is 7.54. The molecule has 130 valence electrons. The molecule has 2 aromatic heterocycles. The van der Waals surface area contributed by atoms with Crippen molar-refractivity contribution in [1.29, 1.82) is 0 Å². The van der Waals surface area contributed by atoms with Gasteiger partial charge in [-0.3, -0.25) is 9.59 Å². The molecule has 8 heteroatoms. The molecule has 1 amide bonds. The number of carbonyl (C=O) groups excluding carboxylic acids is 1. The second-order valence-electron chi connectivity index (χ2n) is 5.51. The van der Waals surface area contributed by atoms with E-state index in [2.05, 4.69) is 10.1 Å². The molecule has 0 N–H and O–H groups in total. The summed E-state index contributed by atoms with van der Waals surface area (Å²) in [7, 11) is 3.24. The van der Waals surface area contributed by atoms with E-state index >= 15 is 0 Å². The Hall–Kier alpha value is -2.58. The zero-order chi connectivity index (χ0) is 17.8. The quantitative estimate of drug-likeness (QED) is 0.671. The van der Waals surface area contributed by atoms with Crippen LogP contribution in [0.3, 0.4) is 0 Å². The Balaban J connectivity index is 1.76. The van der Waals surface area contributed by atoms with Crippen LogP contribution in [-0.2, 0) is 17.8 Å². The third kappa shape index (κ3) is 3.92. The first kappa shape index (κ1) is 17.2. The van der Waals surface area contributed by atoms with Gasteiger partial charge in [-0.1, -0.05) is 12.1 Å². The number of benzene rings is 1. The van der Waals surface area contributed by atoms with Crippen LogP contribution in [0.25, 0.3) is 10.2 Å². The third-order valence-corrected chi connectivity index (χ3v) is 4.67. The molecule has 2 heterocycles. The molecule has 0 aliphatic carbocycles. The first-order valence-electron chi connectivity index (χ1n) is 7.75. The Labute approximate surface area is 148 Å². The summed E-state index contributed by atoms with van der Waals surface area (Å²) in [5.74, 6) is -0.259. The molecule has 0 bridgehead atoms. The van der Waals surface area contributed by atoms with E-state index in [1.165, 1.54) is 16.8 Å². The predicted molar refractivity (Wildman–Crippen MR) is 95.8 cm³/mol.